The summed E-state index contributed by atoms with van der Waals surface area (Å²) < 4.78 is 33.1. The number of rotatable bonds is 8. The van der Waals surface area contributed by atoms with Gasteiger partial charge in [-0.1, -0.05) is 48.4 Å². The summed E-state index contributed by atoms with van der Waals surface area (Å²) >= 11 is 6.24. The van der Waals surface area contributed by atoms with E-state index in [0.29, 0.717) is 11.4 Å². The van der Waals surface area contributed by atoms with Gasteiger partial charge in [0.2, 0.25) is 5.91 Å². The van der Waals surface area contributed by atoms with Crippen molar-refractivity contribution in [3.63, 3.8) is 0 Å². The van der Waals surface area contributed by atoms with Crippen molar-refractivity contribution < 1.29 is 17.9 Å². The van der Waals surface area contributed by atoms with Gasteiger partial charge < -0.3 is 10.1 Å². The SMILES string of the molecule is CCc1ccc(NC(=O)CN(c2ccc(OC)c(Cl)c2)S(=O)(=O)c2ccc(C)cc2)cc1. The molecule has 0 aliphatic carbocycles. The lowest BCUT2D eigenvalue weighted by molar-refractivity contribution is -0.114. The van der Waals surface area contributed by atoms with Crippen molar-refractivity contribution in [1.29, 1.82) is 0 Å². The second-order valence-electron chi connectivity index (χ2n) is 7.24. The average Bonchev–Trinajstić information content (AvgIpc) is 2.78. The van der Waals surface area contributed by atoms with Gasteiger partial charge in [0.1, 0.15) is 12.3 Å². The molecule has 3 rings (SSSR count). The summed E-state index contributed by atoms with van der Waals surface area (Å²) in [5.74, 6) is -0.0690. The molecule has 168 valence electrons. The monoisotopic (exact) mass is 472 g/mol. The number of methoxy groups -OCH3 is 1. The fourth-order valence-corrected chi connectivity index (χ4v) is 4.78. The highest BCUT2D eigenvalue weighted by Gasteiger charge is 2.28. The van der Waals surface area contributed by atoms with Gasteiger partial charge in [0.05, 0.1) is 22.7 Å². The normalized spacial score (nSPS) is 11.1. The number of nitrogens with zero attached hydrogens (tertiary/aromatic N) is 1. The van der Waals surface area contributed by atoms with Gasteiger partial charge >= 0.3 is 0 Å². The molecule has 0 aliphatic rings. The lowest BCUT2D eigenvalue weighted by atomic mass is 10.1. The molecule has 0 aliphatic heterocycles. The van der Waals surface area contributed by atoms with Crippen LogP contribution in [0.2, 0.25) is 5.02 Å². The van der Waals surface area contributed by atoms with E-state index in [4.69, 9.17) is 16.3 Å². The molecular formula is C24H25ClN2O4S. The van der Waals surface area contributed by atoms with Crippen LogP contribution < -0.4 is 14.4 Å². The zero-order valence-electron chi connectivity index (χ0n) is 18.1. The first-order chi connectivity index (χ1) is 15.2. The summed E-state index contributed by atoms with van der Waals surface area (Å²) in [5, 5.41) is 3.00. The number of carbonyl (C=O) groups excluding carboxylic acids is 1. The van der Waals surface area contributed by atoms with Crippen LogP contribution in [-0.4, -0.2) is 28.0 Å². The third-order valence-electron chi connectivity index (χ3n) is 4.97. The molecule has 3 aromatic rings. The quantitative estimate of drug-likeness (QED) is 0.497. The molecule has 8 heteroatoms. The Bertz CT molecular complexity index is 1190. The molecule has 0 heterocycles. The van der Waals surface area contributed by atoms with Crippen molar-refractivity contribution in [2.75, 3.05) is 23.3 Å². The maximum absolute atomic E-state index is 13.5. The number of anilines is 2. The predicted octanol–water partition coefficient (Wildman–Crippen LogP) is 5.05. The molecule has 0 spiro atoms. The van der Waals surface area contributed by atoms with Gasteiger partial charge in [0.15, 0.2) is 0 Å². The van der Waals surface area contributed by atoms with E-state index in [-0.39, 0.29) is 15.6 Å². The number of nitrogens with one attached hydrogen (secondary N) is 1. The molecule has 0 aromatic heterocycles. The Labute approximate surface area is 193 Å². The smallest absolute Gasteiger partial charge is 0.264 e. The molecule has 0 radical (unpaired) electrons. The van der Waals surface area contributed by atoms with E-state index in [9.17, 15) is 13.2 Å². The average molecular weight is 473 g/mol. The highest BCUT2D eigenvalue weighted by molar-refractivity contribution is 7.92. The molecule has 6 nitrogen and oxygen atoms in total. The lowest BCUT2D eigenvalue weighted by Crippen LogP contribution is -2.38. The van der Waals surface area contributed by atoms with Gasteiger partial charge in [-0.25, -0.2) is 8.42 Å². The molecule has 3 aromatic carbocycles. The zero-order valence-corrected chi connectivity index (χ0v) is 19.7. The van der Waals surface area contributed by atoms with Crippen LogP contribution in [0.3, 0.4) is 0 Å². The van der Waals surface area contributed by atoms with Gasteiger partial charge in [0, 0.05) is 5.69 Å². The van der Waals surface area contributed by atoms with E-state index in [1.165, 1.54) is 25.3 Å². The number of hydrogen-bond donors (Lipinski definition) is 1. The van der Waals surface area contributed by atoms with Crippen molar-refractivity contribution in [3.05, 3.63) is 82.9 Å². The summed E-state index contributed by atoms with van der Waals surface area (Å²) in [4.78, 5) is 12.9. The van der Waals surface area contributed by atoms with Crippen molar-refractivity contribution >= 4 is 38.9 Å². The molecule has 0 saturated heterocycles. The lowest BCUT2D eigenvalue weighted by Gasteiger charge is -2.24. The van der Waals surface area contributed by atoms with E-state index in [0.717, 1.165) is 21.9 Å². The van der Waals surface area contributed by atoms with Crippen molar-refractivity contribution in [1.82, 2.24) is 0 Å². The standard InChI is InChI=1S/C24H25ClN2O4S/c1-4-18-7-9-19(10-8-18)26-24(28)16-27(20-11-14-23(31-3)22(25)15-20)32(29,30)21-12-5-17(2)6-13-21/h5-15H,4,16H2,1-3H3,(H,26,28). The Hall–Kier alpha value is -3.03. The molecular weight excluding hydrogens is 448 g/mol. The topological polar surface area (TPSA) is 75.7 Å². The maximum atomic E-state index is 13.5. The molecule has 0 unspecified atom stereocenters. The van der Waals surface area contributed by atoms with Crippen molar-refractivity contribution in [2.45, 2.75) is 25.2 Å². The molecule has 0 fully saturated rings. The number of aryl methyl sites for hydroxylation is 2. The number of ether oxygens (including phenoxy) is 1. The fourth-order valence-electron chi connectivity index (χ4n) is 3.12. The van der Waals surface area contributed by atoms with E-state index in [1.807, 2.05) is 26.0 Å². The summed E-state index contributed by atoms with van der Waals surface area (Å²) in [6.45, 7) is 3.49. The number of amides is 1. The zero-order chi connectivity index (χ0) is 23.3. The van der Waals surface area contributed by atoms with Crippen LogP contribution in [0.1, 0.15) is 18.1 Å². The maximum Gasteiger partial charge on any atom is 0.264 e. The van der Waals surface area contributed by atoms with E-state index in [1.54, 1.807) is 36.4 Å². The minimum atomic E-state index is -4.03. The van der Waals surface area contributed by atoms with Crippen LogP contribution in [0.15, 0.2) is 71.6 Å². The fraction of sp³-hybridized carbons (Fsp3) is 0.208. The van der Waals surface area contributed by atoms with E-state index < -0.39 is 22.5 Å². The molecule has 0 saturated carbocycles. The molecule has 1 amide bonds. The second-order valence-corrected chi connectivity index (χ2v) is 9.51. The molecule has 0 bridgehead atoms. The van der Waals surface area contributed by atoms with Gasteiger partial charge in [-0.15, -0.1) is 0 Å². The third kappa shape index (κ3) is 5.41. The summed E-state index contributed by atoms with van der Waals surface area (Å²) in [6.07, 6.45) is 0.884. The van der Waals surface area contributed by atoms with Gasteiger partial charge in [-0.05, 0) is 61.4 Å². The third-order valence-corrected chi connectivity index (χ3v) is 7.05. The predicted molar refractivity (Wildman–Crippen MR) is 128 cm³/mol. The molecule has 0 atom stereocenters. The number of halogens is 1. The van der Waals surface area contributed by atoms with Crippen LogP contribution in [-0.2, 0) is 21.2 Å². The second kappa shape index (κ2) is 10.1. The van der Waals surface area contributed by atoms with Crippen LogP contribution in [0.4, 0.5) is 11.4 Å². The van der Waals surface area contributed by atoms with E-state index in [2.05, 4.69) is 5.32 Å². The minimum absolute atomic E-state index is 0.0788. The Morgan fingerprint density at radius 2 is 1.69 bits per heavy atom. The summed E-state index contributed by atoms with van der Waals surface area (Å²) in [6, 6.07) is 18.5. The Balaban J connectivity index is 1.95. The van der Waals surface area contributed by atoms with Gasteiger partial charge in [-0.3, -0.25) is 9.10 Å². The number of hydrogen-bond acceptors (Lipinski definition) is 4. The highest BCUT2D eigenvalue weighted by Crippen LogP contribution is 2.32. The number of benzene rings is 3. The number of carbonyl (C=O) groups is 1. The first kappa shape index (κ1) is 23.6. The number of sulfonamides is 1. The van der Waals surface area contributed by atoms with E-state index >= 15 is 0 Å². The first-order valence-corrected chi connectivity index (χ1v) is 11.9. The van der Waals surface area contributed by atoms with Crippen LogP contribution >= 0.6 is 11.6 Å². The van der Waals surface area contributed by atoms with Crippen molar-refractivity contribution in [3.8, 4) is 5.75 Å². The Kier molecular flexibility index (Phi) is 7.43. The summed E-state index contributed by atoms with van der Waals surface area (Å²) in [7, 11) is -2.56. The molecule has 1 N–H and O–H groups in total. The van der Waals surface area contributed by atoms with Crippen LogP contribution in [0.25, 0.3) is 0 Å². The van der Waals surface area contributed by atoms with Crippen molar-refractivity contribution in [2.24, 2.45) is 0 Å². The molecule has 32 heavy (non-hydrogen) atoms. The minimum Gasteiger partial charge on any atom is -0.495 e. The highest BCUT2D eigenvalue weighted by atomic mass is 35.5. The Morgan fingerprint density at radius 1 is 1.03 bits per heavy atom. The van der Waals surface area contributed by atoms with Crippen LogP contribution in [0.5, 0.6) is 5.75 Å². The van der Waals surface area contributed by atoms with Gasteiger partial charge in [0.25, 0.3) is 10.0 Å². The van der Waals surface area contributed by atoms with Gasteiger partial charge in [-0.2, -0.15) is 0 Å². The van der Waals surface area contributed by atoms with Crippen LogP contribution in [0, 0.1) is 6.92 Å². The largest absolute Gasteiger partial charge is 0.495 e. The Morgan fingerprint density at radius 3 is 2.25 bits per heavy atom. The summed E-state index contributed by atoms with van der Waals surface area (Å²) in [5.41, 5.74) is 2.91. The first-order valence-electron chi connectivity index (χ1n) is 10.1.